The molecule has 0 fully saturated rings. The summed E-state index contributed by atoms with van der Waals surface area (Å²) in [7, 11) is 1.42. The number of methoxy groups -OCH3 is 1. The Hall–Kier alpha value is -3.49. The molecule has 0 unspecified atom stereocenters. The summed E-state index contributed by atoms with van der Waals surface area (Å²) in [5.74, 6) is -0.766. The molecule has 128 valence electrons. The van der Waals surface area contributed by atoms with Crippen LogP contribution in [-0.4, -0.2) is 21.8 Å². The molecule has 0 atom stereocenters. The van der Waals surface area contributed by atoms with E-state index in [1.165, 1.54) is 49.6 Å². The van der Waals surface area contributed by atoms with Crippen molar-refractivity contribution in [3.05, 3.63) is 74.5 Å². The van der Waals surface area contributed by atoms with Gasteiger partial charge < -0.3 is 9.15 Å². The first-order valence-corrected chi connectivity index (χ1v) is 7.13. The first-order chi connectivity index (χ1) is 12.0. The average Bonchev–Trinajstić information content (AvgIpc) is 2.96. The number of aromatic nitrogens is 2. The highest BCUT2D eigenvalue weighted by Crippen LogP contribution is 2.25. The summed E-state index contributed by atoms with van der Waals surface area (Å²) in [6.07, 6.45) is 0. The lowest BCUT2D eigenvalue weighted by Gasteiger charge is -2.07. The van der Waals surface area contributed by atoms with Gasteiger partial charge in [0.05, 0.1) is 18.6 Å². The van der Waals surface area contributed by atoms with E-state index in [1.807, 2.05) is 0 Å². The molecule has 0 spiro atoms. The Morgan fingerprint density at radius 3 is 2.64 bits per heavy atom. The molecule has 0 radical (unpaired) electrons. The standard InChI is InChI=1S/C16H12FN3O5/c1-24-14-7-6-13(20(22)23)8-11(14)9-19-16(21)25-15(18-19)10-2-4-12(17)5-3-10/h2-8H,9H2,1H3. The Morgan fingerprint density at radius 1 is 1.28 bits per heavy atom. The molecule has 3 aromatic rings. The van der Waals surface area contributed by atoms with E-state index in [4.69, 9.17) is 9.15 Å². The van der Waals surface area contributed by atoms with Crippen molar-refractivity contribution in [3.8, 4) is 17.2 Å². The fourth-order valence-electron chi connectivity index (χ4n) is 2.28. The summed E-state index contributed by atoms with van der Waals surface area (Å²) in [5, 5.41) is 15.0. The van der Waals surface area contributed by atoms with Crippen LogP contribution >= 0.6 is 0 Å². The van der Waals surface area contributed by atoms with Crippen LogP contribution in [-0.2, 0) is 6.54 Å². The molecule has 0 amide bonds. The number of nitro groups is 1. The molecule has 25 heavy (non-hydrogen) atoms. The largest absolute Gasteiger partial charge is 0.496 e. The van der Waals surface area contributed by atoms with Crippen molar-refractivity contribution < 1.29 is 18.5 Å². The van der Waals surface area contributed by atoms with Crippen LogP contribution in [0.1, 0.15) is 5.56 Å². The first-order valence-electron chi connectivity index (χ1n) is 7.13. The second-order valence-electron chi connectivity index (χ2n) is 5.09. The third kappa shape index (κ3) is 3.39. The number of rotatable bonds is 5. The van der Waals surface area contributed by atoms with Crippen molar-refractivity contribution >= 4 is 5.69 Å². The van der Waals surface area contributed by atoms with Gasteiger partial charge in [0.25, 0.3) is 5.69 Å². The summed E-state index contributed by atoms with van der Waals surface area (Å²) in [5.41, 5.74) is 0.701. The Balaban J connectivity index is 1.96. The van der Waals surface area contributed by atoms with E-state index < -0.39 is 16.5 Å². The summed E-state index contributed by atoms with van der Waals surface area (Å²) < 4.78 is 24.2. The van der Waals surface area contributed by atoms with Gasteiger partial charge in [0.1, 0.15) is 11.6 Å². The second-order valence-corrected chi connectivity index (χ2v) is 5.09. The van der Waals surface area contributed by atoms with E-state index in [2.05, 4.69) is 5.10 Å². The van der Waals surface area contributed by atoms with Crippen LogP contribution in [0.5, 0.6) is 5.75 Å². The van der Waals surface area contributed by atoms with Gasteiger partial charge in [-0.05, 0) is 30.3 Å². The van der Waals surface area contributed by atoms with Gasteiger partial charge in [-0.1, -0.05) is 0 Å². The van der Waals surface area contributed by atoms with Gasteiger partial charge in [-0.25, -0.2) is 9.18 Å². The van der Waals surface area contributed by atoms with E-state index in [1.54, 1.807) is 0 Å². The predicted octanol–water partition coefficient (Wildman–Crippen LogP) is 2.61. The lowest BCUT2D eigenvalue weighted by atomic mass is 10.2. The summed E-state index contributed by atoms with van der Waals surface area (Å²) >= 11 is 0. The molecule has 0 N–H and O–H groups in total. The monoisotopic (exact) mass is 345 g/mol. The van der Waals surface area contributed by atoms with E-state index in [0.29, 0.717) is 16.9 Å². The number of ether oxygens (including phenoxy) is 1. The van der Waals surface area contributed by atoms with Crippen molar-refractivity contribution in [1.82, 2.24) is 9.78 Å². The van der Waals surface area contributed by atoms with E-state index in [9.17, 15) is 19.3 Å². The van der Waals surface area contributed by atoms with Crippen LogP contribution in [0.3, 0.4) is 0 Å². The highest BCUT2D eigenvalue weighted by molar-refractivity contribution is 5.52. The normalized spacial score (nSPS) is 10.6. The molecular weight excluding hydrogens is 333 g/mol. The molecule has 0 aliphatic heterocycles. The zero-order valence-corrected chi connectivity index (χ0v) is 13.0. The zero-order valence-electron chi connectivity index (χ0n) is 13.0. The van der Waals surface area contributed by atoms with Crippen LogP contribution in [0.15, 0.2) is 51.7 Å². The smallest absolute Gasteiger partial charge is 0.437 e. The maximum Gasteiger partial charge on any atom is 0.437 e. The third-order valence-electron chi connectivity index (χ3n) is 3.49. The topological polar surface area (TPSA) is 100 Å². The maximum atomic E-state index is 13.0. The molecule has 8 nitrogen and oxygen atoms in total. The molecule has 1 aromatic heterocycles. The van der Waals surface area contributed by atoms with Gasteiger partial charge in [-0.15, -0.1) is 5.10 Å². The van der Waals surface area contributed by atoms with Gasteiger partial charge in [-0.2, -0.15) is 4.68 Å². The number of nitro benzene ring substituents is 1. The Bertz CT molecular complexity index is 978. The molecule has 2 aromatic carbocycles. The van der Waals surface area contributed by atoms with Gasteiger partial charge >= 0.3 is 5.76 Å². The molecule has 9 heteroatoms. The van der Waals surface area contributed by atoms with E-state index in [-0.39, 0.29) is 18.1 Å². The number of hydrogen-bond acceptors (Lipinski definition) is 6. The summed E-state index contributed by atoms with van der Waals surface area (Å²) in [6, 6.07) is 9.35. The Morgan fingerprint density at radius 2 is 2.00 bits per heavy atom. The fraction of sp³-hybridized carbons (Fsp3) is 0.125. The fourth-order valence-corrected chi connectivity index (χ4v) is 2.28. The van der Waals surface area contributed by atoms with Crippen molar-refractivity contribution in [3.63, 3.8) is 0 Å². The van der Waals surface area contributed by atoms with Crippen LogP contribution in [0, 0.1) is 15.9 Å². The lowest BCUT2D eigenvalue weighted by molar-refractivity contribution is -0.384. The molecule has 1 heterocycles. The Kier molecular flexibility index (Phi) is 4.29. The molecule has 0 saturated heterocycles. The average molecular weight is 345 g/mol. The van der Waals surface area contributed by atoms with Crippen LogP contribution in [0.2, 0.25) is 0 Å². The van der Waals surface area contributed by atoms with Crippen molar-refractivity contribution in [2.45, 2.75) is 6.54 Å². The number of hydrogen-bond donors (Lipinski definition) is 0. The molecule has 0 saturated carbocycles. The van der Waals surface area contributed by atoms with Gasteiger partial charge in [0.2, 0.25) is 5.89 Å². The molecule has 3 rings (SSSR count). The SMILES string of the molecule is COc1ccc([N+](=O)[O-])cc1Cn1nc(-c2ccc(F)cc2)oc1=O. The summed E-state index contributed by atoms with van der Waals surface area (Å²) in [4.78, 5) is 22.4. The second kappa shape index (κ2) is 6.56. The van der Waals surface area contributed by atoms with Crippen molar-refractivity contribution in [2.24, 2.45) is 0 Å². The van der Waals surface area contributed by atoms with E-state index >= 15 is 0 Å². The number of non-ortho nitro benzene ring substituents is 1. The predicted molar refractivity (Wildman–Crippen MR) is 84.9 cm³/mol. The van der Waals surface area contributed by atoms with Crippen molar-refractivity contribution in [2.75, 3.05) is 7.11 Å². The minimum atomic E-state index is -0.743. The highest BCUT2D eigenvalue weighted by Gasteiger charge is 2.16. The summed E-state index contributed by atoms with van der Waals surface area (Å²) in [6.45, 7) is -0.0750. The third-order valence-corrected chi connectivity index (χ3v) is 3.49. The van der Waals surface area contributed by atoms with Crippen LogP contribution in [0.25, 0.3) is 11.5 Å². The minimum Gasteiger partial charge on any atom is -0.496 e. The maximum absolute atomic E-state index is 13.0. The van der Waals surface area contributed by atoms with Gasteiger partial charge in [0, 0.05) is 23.3 Å². The number of nitrogens with zero attached hydrogens (tertiary/aromatic N) is 3. The van der Waals surface area contributed by atoms with Crippen molar-refractivity contribution in [1.29, 1.82) is 0 Å². The molecule has 0 bridgehead atoms. The molecule has 0 aliphatic rings. The molecular formula is C16H12FN3O5. The Labute approximate surface area is 140 Å². The molecule has 0 aliphatic carbocycles. The number of halogens is 1. The van der Waals surface area contributed by atoms with Crippen LogP contribution in [0.4, 0.5) is 10.1 Å². The zero-order chi connectivity index (χ0) is 18.0. The lowest BCUT2D eigenvalue weighted by Crippen LogP contribution is -2.17. The van der Waals surface area contributed by atoms with Gasteiger partial charge in [-0.3, -0.25) is 10.1 Å². The number of benzene rings is 2. The minimum absolute atomic E-state index is 0.0226. The first kappa shape index (κ1) is 16.4. The van der Waals surface area contributed by atoms with Crippen LogP contribution < -0.4 is 10.5 Å². The van der Waals surface area contributed by atoms with Gasteiger partial charge in [0.15, 0.2) is 0 Å². The highest BCUT2D eigenvalue weighted by atomic mass is 19.1. The quantitative estimate of drug-likeness (QED) is 0.520. The van der Waals surface area contributed by atoms with E-state index in [0.717, 1.165) is 4.68 Å².